The van der Waals surface area contributed by atoms with Crippen LogP contribution in [0.2, 0.25) is 0 Å². The van der Waals surface area contributed by atoms with Crippen LogP contribution in [0.3, 0.4) is 0 Å². The Morgan fingerprint density at radius 3 is 2.70 bits per heavy atom. The van der Waals surface area contributed by atoms with Gasteiger partial charge in [-0.25, -0.2) is 4.98 Å². The van der Waals surface area contributed by atoms with E-state index in [4.69, 9.17) is 0 Å². The molecule has 0 spiro atoms. The van der Waals surface area contributed by atoms with Crippen LogP contribution in [0.4, 0.5) is 0 Å². The molecule has 1 atom stereocenters. The number of carbonyl (C=O) groups is 2. The molecular formula is C17H20ClN3O2. The standard InChI is InChI=1S/C17H19N3O2.ClH/c1-13(14-6-3-2-4-7-14)20-12-18-10-15(20)16(21)11-19-9-5-8-17(19)22;/h2-4,6-7,10,12-13H,5,8-9,11H2,1H3;1H. The van der Waals surface area contributed by atoms with Crippen molar-refractivity contribution in [3.63, 3.8) is 0 Å². The lowest BCUT2D eigenvalue weighted by Gasteiger charge is -2.18. The number of Topliss-reactive ketones (excluding diaryl/α,β-unsaturated/α-hetero) is 1. The van der Waals surface area contributed by atoms with Crippen LogP contribution in [0.1, 0.15) is 41.9 Å². The summed E-state index contributed by atoms with van der Waals surface area (Å²) in [7, 11) is 0. The second-order valence-electron chi connectivity index (χ2n) is 5.61. The van der Waals surface area contributed by atoms with Gasteiger partial charge >= 0.3 is 0 Å². The zero-order valence-electron chi connectivity index (χ0n) is 13.0. The zero-order valence-corrected chi connectivity index (χ0v) is 13.8. The number of carbonyl (C=O) groups excluding carboxylic acids is 2. The van der Waals surface area contributed by atoms with Gasteiger partial charge in [0.25, 0.3) is 0 Å². The number of aromatic nitrogens is 2. The molecule has 3 rings (SSSR count). The molecule has 23 heavy (non-hydrogen) atoms. The van der Waals surface area contributed by atoms with Crippen molar-refractivity contribution < 1.29 is 9.59 Å². The van der Waals surface area contributed by atoms with E-state index in [9.17, 15) is 9.59 Å². The molecule has 122 valence electrons. The normalized spacial score (nSPS) is 15.3. The smallest absolute Gasteiger partial charge is 0.223 e. The Kier molecular flexibility index (Phi) is 5.55. The van der Waals surface area contributed by atoms with Crippen LogP contribution in [-0.2, 0) is 4.79 Å². The summed E-state index contributed by atoms with van der Waals surface area (Å²) in [4.78, 5) is 29.9. The van der Waals surface area contributed by atoms with E-state index >= 15 is 0 Å². The Bertz CT molecular complexity index is 684. The van der Waals surface area contributed by atoms with E-state index in [0.717, 1.165) is 12.0 Å². The lowest BCUT2D eigenvalue weighted by Crippen LogP contribution is -2.32. The topological polar surface area (TPSA) is 55.2 Å². The number of hydrogen-bond donors (Lipinski definition) is 0. The molecule has 0 saturated carbocycles. The fourth-order valence-corrected chi connectivity index (χ4v) is 2.85. The first-order valence-electron chi connectivity index (χ1n) is 7.54. The summed E-state index contributed by atoms with van der Waals surface area (Å²) in [5, 5.41) is 0. The van der Waals surface area contributed by atoms with Crippen LogP contribution in [0.5, 0.6) is 0 Å². The first kappa shape index (κ1) is 17.2. The van der Waals surface area contributed by atoms with Crippen molar-refractivity contribution in [1.29, 1.82) is 0 Å². The van der Waals surface area contributed by atoms with Crippen molar-refractivity contribution in [3.05, 3.63) is 54.1 Å². The Hall–Kier alpha value is -2.14. The molecule has 1 saturated heterocycles. The lowest BCUT2D eigenvalue weighted by molar-refractivity contribution is -0.127. The zero-order chi connectivity index (χ0) is 15.5. The maximum absolute atomic E-state index is 12.5. The van der Waals surface area contributed by atoms with E-state index in [1.807, 2.05) is 41.8 Å². The van der Waals surface area contributed by atoms with Crippen molar-refractivity contribution in [2.24, 2.45) is 0 Å². The summed E-state index contributed by atoms with van der Waals surface area (Å²) in [5.41, 5.74) is 1.67. The summed E-state index contributed by atoms with van der Waals surface area (Å²) in [6.45, 7) is 2.85. The molecule has 1 fully saturated rings. The molecule has 1 aromatic carbocycles. The highest BCUT2D eigenvalue weighted by molar-refractivity contribution is 5.98. The number of rotatable bonds is 5. The Morgan fingerprint density at radius 1 is 1.30 bits per heavy atom. The second kappa shape index (κ2) is 7.42. The van der Waals surface area contributed by atoms with Crippen LogP contribution in [0, 0.1) is 0 Å². The number of imidazole rings is 1. The number of benzene rings is 1. The number of ketones is 1. The fraction of sp³-hybridized carbons (Fsp3) is 0.353. The lowest BCUT2D eigenvalue weighted by atomic mass is 10.1. The first-order valence-corrected chi connectivity index (χ1v) is 7.54. The van der Waals surface area contributed by atoms with E-state index in [2.05, 4.69) is 4.98 Å². The van der Waals surface area contributed by atoms with Gasteiger partial charge in [-0.2, -0.15) is 0 Å². The molecule has 1 amide bonds. The molecule has 6 heteroatoms. The summed E-state index contributed by atoms with van der Waals surface area (Å²) in [5.74, 6) is 0.00561. The maximum atomic E-state index is 12.5. The van der Waals surface area contributed by atoms with Gasteiger partial charge in [0, 0.05) is 13.0 Å². The van der Waals surface area contributed by atoms with E-state index in [1.165, 1.54) is 0 Å². The van der Waals surface area contributed by atoms with E-state index in [1.54, 1.807) is 17.4 Å². The minimum atomic E-state index is -0.0597. The largest absolute Gasteiger partial charge is 0.335 e. The first-order chi connectivity index (χ1) is 10.7. The van der Waals surface area contributed by atoms with E-state index in [-0.39, 0.29) is 36.7 Å². The number of hydrogen-bond acceptors (Lipinski definition) is 3. The van der Waals surface area contributed by atoms with Crippen molar-refractivity contribution >= 4 is 24.1 Å². The van der Waals surface area contributed by atoms with Gasteiger partial charge in [0.2, 0.25) is 5.91 Å². The average Bonchev–Trinajstić information content (AvgIpc) is 3.17. The van der Waals surface area contributed by atoms with Gasteiger partial charge in [-0.15, -0.1) is 12.4 Å². The highest BCUT2D eigenvalue weighted by atomic mass is 35.5. The second-order valence-corrected chi connectivity index (χ2v) is 5.61. The monoisotopic (exact) mass is 333 g/mol. The summed E-state index contributed by atoms with van der Waals surface area (Å²) < 4.78 is 1.87. The van der Waals surface area contributed by atoms with Gasteiger partial charge in [-0.3, -0.25) is 9.59 Å². The maximum Gasteiger partial charge on any atom is 0.223 e. The molecule has 5 nitrogen and oxygen atoms in total. The molecule has 1 aliphatic rings. The number of amides is 1. The van der Waals surface area contributed by atoms with Gasteiger partial charge in [0.05, 0.1) is 25.1 Å². The van der Waals surface area contributed by atoms with E-state index < -0.39 is 0 Å². The Labute approximate surface area is 141 Å². The van der Waals surface area contributed by atoms with Crippen molar-refractivity contribution in [2.45, 2.75) is 25.8 Å². The average molecular weight is 334 g/mol. The predicted molar refractivity (Wildman–Crippen MR) is 89.9 cm³/mol. The molecule has 1 unspecified atom stereocenters. The molecule has 0 bridgehead atoms. The van der Waals surface area contributed by atoms with Crippen LogP contribution >= 0.6 is 12.4 Å². The third-order valence-electron chi connectivity index (χ3n) is 4.16. The summed E-state index contributed by atoms with van der Waals surface area (Å²) in [6.07, 6.45) is 4.65. The van der Waals surface area contributed by atoms with Crippen LogP contribution in [-0.4, -0.2) is 39.2 Å². The number of nitrogens with zero attached hydrogens (tertiary/aromatic N) is 3. The van der Waals surface area contributed by atoms with Gasteiger partial charge in [0.1, 0.15) is 5.69 Å². The Balaban J connectivity index is 0.00000192. The molecule has 2 heterocycles. The SMILES string of the molecule is CC(c1ccccc1)n1cncc1C(=O)CN1CCCC1=O.Cl. The third kappa shape index (κ3) is 3.62. The minimum Gasteiger partial charge on any atom is -0.335 e. The molecule has 2 aromatic rings. The van der Waals surface area contributed by atoms with Crippen LogP contribution in [0.15, 0.2) is 42.9 Å². The fourth-order valence-electron chi connectivity index (χ4n) is 2.85. The Morgan fingerprint density at radius 2 is 2.04 bits per heavy atom. The highest BCUT2D eigenvalue weighted by Crippen LogP contribution is 2.20. The number of likely N-dealkylation sites (tertiary alicyclic amines) is 1. The molecule has 1 aliphatic heterocycles. The number of halogens is 1. The van der Waals surface area contributed by atoms with E-state index in [0.29, 0.717) is 18.7 Å². The van der Waals surface area contributed by atoms with Gasteiger partial charge in [-0.1, -0.05) is 30.3 Å². The van der Waals surface area contributed by atoms with Crippen molar-refractivity contribution in [1.82, 2.24) is 14.5 Å². The van der Waals surface area contributed by atoms with Gasteiger partial charge in [-0.05, 0) is 18.9 Å². The molecule has 0 N–H and O–H groups in total. The highest BCUT2D eigenvalue weighted by Gasteiger charge is 2.25. The minimum absolute atomic E-state index is 0. The summed E-state index contributed by atoms with van der Waals surface area (Å²) >= 11 is 0. The van der Waals surface area contributed by atoms with Crippen LogP contribution < -0.4 is 0 Å². The summed E-state index contributed by atoms with van der Waals surface area (Å²) in [6, 6.07) is 10.0. The molecule has 1 aromatic heterocycles. The van der Waals surface area contributed by atoms with Gasteiger partial charge in [0.15, 0.2) is 5.78 Å². The molecular weight excluding hydrogens is 314 g/mol. The van der Waals surface area contributed by atoms with Gasteiger partial charge < -0.3 is 9.47 Å². The van der Waals surface area contributed by atoms with Crippen molar-refractivity contribution in [2.75, 3.05) is 13.1 Å². The predicted octanol–water partition coefficient (Wildman–Crippen LogP) is 2.72. The quantitative estimate of drug-likeness (QED) is 0.790. The molecule has 0 radical (unpaired) electrons. The van der Waals surface area contributed by atoms with Crippen LogP contribution in [0.25, 0.3) is 0 Å². The third-order valence-corrected chi connectivity index (χ3v) is 4.16. The van der Waals surface area contributed by atoms with Crippen molar-refractivity contribution in [3.8, 4) is 0 Å². The molecule has 0 aliphatic carbocycles.